The van der Waals surface area contributed by atoms with Crippen LogP contribution < -0.4 is 10.2 Å². The molecule has 24 heavy (non-hydrogen) atoms. The first kappa shape index (κ1) is 16.6. The van der Waals surface area contributed by atoms with Gasteiger partial charge in [0.2, 0.25) is 5.91 Å². The van der Waals surface area contributed by atoms with Gasteiger partial charge in [-0.2, -0.15) is 5.10 Å². The van der Waals surface area contributed by atoms with Crippen LogP contribution in [0.5, 0.6) is 0 Å². The highest BCUT2D eigenvalue weighted by Crippen LogP contribution is 2.20. The molecule has 0 saturated carbocycles. The van der Waals surface area contributed by atoms with Crippen LogP contribution in [0.3, 0.4) is 0 Å². The fourth-order valence-electron chi connectivity index (χ4n) is 3.30. The SMILES string of the molecule is Cc1nn(C)c(C)c1CC(=O)NCc1ccc(N2CCCC2)cc1. The molecule has 1 fully saturated rings. The first-order valence-corrected chi connectivity index (χ1v) is 8.64. The Hall–Kier alpha value is -2.30. The zero-order valence-corrected chi connectivity index (χ0v) is 14.8. The predicted octanol–water partition coefficient (Wildman–Crippen LogP) is 2.50. The molecule has 3 rings (SSSR count). The van der Waals surface area contributed by atoms with E-state index in [9.17, 15) is 4.79 Å². The lowest BCUT2D eigenvalue weighted by Crippen LogP contribution is -2.25. The van der Waals surface area contributed by atoms with Crippen molar-refractivity contribution in [2.24, 2.45) is 7.05 Å². The van der Waals surface area contributed by atoms with Crippen molar-refractivity contribution < 1.29 is 4.79 Å². The Labute approximate surface area is 143 Å². The normalized spacial score (nSPS) is 14.2. The van der Waals surface area contributed by atoms with Crippen molar-refractivity contribution in [1.29, 1.82) is 0 Å². The van der Waals surface area contributed by atoms with Crippen molar-refractivity contribution in [2.75, 3.05) is 18.0 Å². The summed E-state index contributed by atoms with van der Waals surface area (Å²) in [7, 11) is 1.91. The van der Waals surface area contributed by atoms with Crippen LogP contribution in [0, 0.1) is 13.8 Å². The molecule has 0 unspecified atom stereocenters. The Bertz CT molecular complexity index is 712. The number of aromatic nitrogens is 2. The third kappa shape index (κ3) is 3.61. The van der Waals surface area contributed by atoms with Crippen molar-refractivity contribution in [1.82, 2.24) is 15.1 Å². The van der Waals surface area contributed by atoms with Crippen LogP contribution >= 0.6 is 0 Å². The molecular weight excluding hydrogens is 300 g/mol. The van der Waals surface area contributed by atoms with Gasteiger partial charge in [0.05, 0.1) is 12.1 Å². The number of nitrogens with zero attached hydrogens (tertiary/aromatic N) is 3. The molecule has 0 bridgehead atoms. The second-order valence-electron chi connectivity index (χ2n) is 6.59. The number of rotatable bonds is 5. The summed E-state index contributed by atoms with van der Waals surface area (Å²) in [5.41, 5.74) is 5.42. The van der Waals surface area contributed by atoms with E-state index in [1.54, 1.807) is 0 Å². The molecule has 1 saturated heterocycles. The van der Waals surface area contributed by atoms with Crippen molar-refractivity contribution >= 4 is 11.6 Å². The van der Waals surface area contributed by atoms with Gasteiger partial charge in [0.15, 0.2) is 0 Å². The number of amides is 1. The van der Waals surface area contributed by atoms with Crippen LogP contribution in [0.4, 0.5) is 5.69 Å². The molecule has 1 N–H and O–H groups in total. The molecular formula is C19H26N4O. The summed E-state index contributed by atoms with van der Waals surface area (Å²) in [6.45, 7) is 6.82. The number of carbonyl (C=O) groups is 1. The summed E-state index contributed by atoms with van der Waals surface area (Å²) in [4.78, 5) is 14.6. The van der Waals surface area contributed by atoms with E-state index in [1.165, 1.54) is 18.5 Å². The molecule has 2 heterocycles. The van der Waals surface area contributed by atoms with E-state index >= 15 is 0 Å². The zero-order valence-electron chi connectivity index (χ0n) is 14.8. The molecule has 1 amide bonds. The van der Waals surface area contributed by atoms with E-state index in [1.807, 2.05) is 25.6 Å². The van der Waals surface area contributed by atoms with Gasteiger partial charge in [-0.25, -0.2) is 0 Å². The van der Waals surface area contributed by atoms with Gasteiger partial charge in [-0.1, -0.05) is 12.1 Å². The average molecular weight is 326 g/mol. The van der Waals surface area contributed by atoms with E-state index in [-0.39, 0.29) is 5.91 Å². The fourth-order valence-corrected chi connectivity index (χ4v) is 3.30. The Balaban J connectivity index is 1.54. The molecule has 0 atom stereocenters. The van der Waals surface area contributed by atoms with Crippen molar-refractivity contribution in [2.45, 2.75) is 39.7 Å². The van der Waals surface area contributed by atoms with Crippen molar-refractivity contribution in [3.05, 3.63) is 46.8 Å². The average Bonchev–Trinajstić information content (AvgIpc) is 3.18. The van der Waals surface area contributed by atoms with E-state index in [2.05, 4.69) is 39.6 Å². The second-order valence-corrected chi connectivity index (χ2v) is 6.59. The molecule has 5 nitrogen and oxygen atoms in total. The van der Waals surface area contributed by atoms with E-state index in [0.29, 0.717) is 13.0 Å². The summed E-state index contributed by atoms with van der Waals surface area (Å²) in [5, 5.41) is 7.37. The topological polar surface area (TPSA) is 50.2 Å². The van der Waals surface area contributed by atoms with Crippen LogP contribution in [0.15, 0.2) is 24.3 Å². The summed E-state index contributed by atoms with van der Waals surface area (Å²) in [6, 6.07) is 8.52. The maximum atomic E-state index is 12.2. The van der Waals surface area contributed by atoms with Crippen molar-refractivity contribution in [3.8, 4) is 0 Å². The smallest absolute Gasteiger partial charge is 0.224 e. The van der Waals surface area contributed by atoms with Gasteiger partial charge in [-0.05, 0) is 44.4 Å². The van der Waals surface area contributed by atoms with Crippen LogP contribution in [0.1, 0.15) is 35.4 Å². The summed E-state index contributed by atoms with van der Waals surface area (Å²) < 4.78 is 1.83. The third-order valence-corrected chi connectivity index (χ3v) is 4.89. The number of hydrogen-bond acceptors (Lipinski definition) is 3. The number of benzene rings is 1. The highest BCUT2D eigenvalue weighted by Gasteiger charge is 2.14. The lowest BCUT2D eigenvalue weighted by Gasteiger charge is -2.17. The molecule has 0 radical (unpaired) electrons. The number of hydrogen-bond donors (Lipinski definition) is 1. The highest BCUT2D eigenvalue weighted by molar-refractivity contribution is 5.79. The summed E-state index contributed by atoms with van der Waals surface area (Å²) >= 11 is 0. The first-order chi connectivity index (χ1) is 11.5. The van der Waals surface area contributed by atoms with Crippen molar-refractivity contribution in [3.63, 3.8) is 0 Å². The largest absolute Gasteiger partial charge is 0.372 e. The van der Waals surface area contributed by atoms with E-state index in [4.69, 9.17) is 0 Å². The van der Waals surface area contributed by atoms with Gasteiger partial charge in [0.1, 0.15) is 0 Å². The zero-order chi connectivity index (χ0) is 17.1. The minimum Gasteiger partial charge on any atom is -0.372 e. The number of anilines is 1. The van der Waals surface area contributed by atoms with Gasteiger partial charge in [0.25, 0.3) is 0 Å². The predicted molar refractivity (Wildman–Crippen MR) is 96.1 cm³/mol. The fraction of sp³-hybridized carbons (Fsp3) is 0.474. The van der Waals surface area contributed by atoms with E-state index < -0.39 is 0 Å². The molecule has 2 aromatic rings. The molecule has 1 aliphatic rings. The van der Waals surface area contributed by atoms with Gasteiger partial charge in [-0.15, -0.1) is 0 Å². The standard InChI is InChI=1S/C19H26N4O/c1-14-18(15(2)22(3)21-14)12-19(24)20-13-16-6-8-17(9-7-16)23-10-4-5-11-23/h6-9H,4-5,10-13H2,1-3H3,(H,20,24). The third-order valence-electron chi connectivity index (χ3n) is 4.89. The molecule has 1 aromatic carbocycles. The number of carbonyl (C=O) groups excluding carboxylic acids is 1. The molecule has 5 heteroatoms. The van der Waals surface area contributed by atoms with Gasteiger partial charge >= 0.3 is 0 Å². The van der Waals surface area contributed by atoms with Crippen LogP contribution in [-0.4, -0.2) is 28.8 Å². The Kier molecular flexibility index (Phi) is 4.88. The number of nitrogens with one attached hydrogen (secondary N) is 1. The molecule has 0 spiro atoms. The Morgan fingerprint density at radius 1 is 1.17 bits per heavy atom. The monoisotopic (exact) mass is 326 g/mol. The Morgan fingerprint density at radius 3 is 2.42 bits per heavy atom. The van der Waals surface area contributed by atoms with Gasteiger partial charge in [-0.3, -0.25) is 9.48 Å². The summed E-state index contributed by atoms with van der Waals surface area (Å²) in [6.07, 6.45) is 2.95. The lowest BCUT2D eigenvalue weighted by atomic mass is 10.1. The minimum absolute atomic E-state index is 0.0396. The van der Waals surface area contributed by atoms with E-state index in [0.717, 1.165) is 35.6 Å². The molecule has 128 valence electrons. The second kappa shape index (κ2) is 7.07. The lowest BCUT2D eigenvalue weighted by molar-refractivity contribution is -0.120. The molecule has 1 aromatic heterocycles. The van der Waals surface area contributed by atoms with Crippen LogP contribution in [0.2, 0.25) is 0 Å². The Morgan fingerprint density at radius 2 is 1.83 bits per heavy atom. The number of aryl methyl sites for hydroxylation is 2. The van der Waals surface area contributed by atoms with Crippen LogP contribution in [-0.2, 0) is 24.8 Å². The van der Waals surface area contributed by atoms with Gasteiger partial charge < -0.3 is 10.2 Å². The minimum atomic E-state index is 0.0396. The van der Waals surface area contributed by atoms with Crippen LogP contribution in [0.25, 0.3) is 0 Å². The summed E-state index contributed by atoms with van der Waals surface area (Å²) in [5.74, 6) is 0.0396. The van der Waals surface area contributed by atoms with Gasteiger partial charge in [0, 0.05) is 43.6 Å². The maximum absolute atomic E-state index is 12.2. The molecule has 1 aliphatic heterocycles. The first-order valence-electron chi connectivity index (χ1n) is 8.64. The maximum Gasteiger partial charge on any atom is 0.224 e. The quantitative estimate of drug-likeness (QED) is 0.918. The highest BCUT2D eigenvalue weighted by atomic mass is 16.1. The molecule has 0 aliphatic carbocycles.